The zero-order valence-corrected chi connectivity index (χ0v) is 16.5. The van der Waals surface area contributed by atoms with Crippen molar-refractivity contribution in [3.63, 3.8) is 0 Å². The summed E-state index contributed by atoms with van der Waals surface area (Å²) in [5, 5.41) is 10.9. The van der Waals surface area contributed by atoms with E-state index in [1.807, 2.05) is 44.2 Å². The van der Waals surface area contributed by atoms with Crippen molar-refractivity contribution in [2.75, 3.05) is 11.1 Å². The minimum absolute atomic E-state index is 0.145. The summed E-state index contributed by atoms with van der Waals surface area (Å²) in [6, 6.07) is 13.1. The summed E-state index contributed by atoms with van der Waals surface area (Å²) >= 11 is 7.22. The number of carbonyl (C=O) groups excluding carboxylic acids is 1. The third-order valence-corrected chi connectivity index (χ3v) is 4.86. The van der Waals surface area contributed by atoms with E-state index in [1.54, 1.807) is 12.1 Å². The Labute approximate surface area is 166 Å². The average Bonchev–Trinajstić information content (AvgIpc) is 3.10. The van der Waals surface area contributed by atoms with Gasteiger partial charge < -0.3 is 10.1 Å². The number of aromatic nitrogens is 3. The molecule has 1 amide bonds. The van der Waals surface area contributed by atoms with Crippen LogP contribution in [0.2, 0.25) is 5.02 Å². The van der Waals surface area contributed by atoms with Crippen molar-refractivity contribution in [3.05, 3.63) is 64.4 Å². The number of H-pyrrole nitrogens is 1. The van der Waals surface area contributed by atoms with Crippen LogP contribution in [0.4, 0.5) is 5.69 Å². The molecule has 0 radical (unpaired) electrons. The lowest BCUT2D eigenvalue weighted by Crippen LogP contribution is -2.14. The van der Waals surface area contributed by atoms with E-state index in [2.05, 4.69) is 20.5 Å². The van der Waals surface area contributed by atoms with E-state index in [0.29, 0.717) is 21.7 Å². The molecule has 0 aliphatic rings. The van der Waals surface area contributed by atoms with Crippen LogP contribution >= 0.6 is 23.4 Å². The number of amides is 1. The van der Waals surface area contributed by atoms with Crippen molar-refractivity contribution >= 4 is 35.0 Å². The van der Waals surface area contributed by atoms with Gasteiger partial charge in [0, 0.05) is 10.7 Å². The minimum Gasteiger partial charge on any atom is -0.485 e. The van der Waals surface area contributed by atoms with Crippen molar-refractivity contribution < 1.29 is 9.53 Å². The van der Waals surface area contributed by atoms with Gasteiger partial charge in [-0.2, -0.15) is 0 Å². The summed E-state index contributed by atoms with van der Waals surface area (Å²) in [5.74, 6) is 1.46. The standard InChI is InChI=1S/C19H19ClN4O2S/c1-12-7-8-14(20)9-15(12)21-18(25)11-27-19-22-17(23-24-19)10-26-16-6-4-3-5-13(16)2/h3-9H,10-11H2,1-2H3,(H,21,25)(H,22,23,24). The van der Waals surface area contributed by atoms with Crippen LogP contribution in [0.1, 0.15) is 17.0 Å². The number of nitrogens with zero attached hydrogens (tertiary/aromatic N) is 2. The van der Waals surface area contributed by atoms with Crippen LogP contribution in [-0.4, -0.2) is 26.8 Å². The van der Waals surface area contributed by atoms with Gasteiger partial charge in [0.05, 0.1) is 5.75 Å². The normalized spacial score (nSPS) is 10.6. The second-order valence-electron chi connectivity index (χ2n) is 5.91. The van der Waals surface area contributed by atoms with E-state index in [-0.39, 0.29) is 18.3 Å². The molecule has 0 saturated heterocycles. The number of benzene rings is 2. The monoisotopic (exact) mass is 402 g/mol. The molecule has 0 unspecified atom stereocenters. The highest BCUT2D eigenvalue weighted by Gasteiger charge is 2.10. The van der Waals surface area contributed by atoms with Gasteiger partial charge in [-0.05, 0) is 43.2 Å². The topological polar surface area (TPSA) is 79.9 Å². The van der Waals surface area contributed by atoms with E-state index in [4.69, 9.17) is 16.3 Å². The van der Waals surface area contributed by atoms with E-state index in [0.717, 1.165) is 16.9 Å². The predicted octanol–water partition coefficient (Wildman–Crippen LogP) is 4.38. The second-order valence-corrected chi connectivity index (χ2v) is 7.29. The molecular weight excluding hydrogens is 384 g/mol. The maximum Gasteiger partial charge on any atom is 0.234 e. The highest BCUT2D eigenvalue weighted by Crippen LogP contribution is 2.21. The Bertz CT molecular complexity index is 945. The molecule has 0 aliphatic carbocycles. The fourth-order valence-electron chi connectivity index (χ4n) is 2.32. The van der Waals surface area contributed by atoms with Gasteiger partial charge in [0.2, 0.25) is 11.1 Å². The van der Waals surface area contributed by atoms with Gasteiger partial charge in [0.25, 0.3) is 0 Å². The Morgan fingerprint density at radius 1 is 1.22 bits per heavy atom. The molecule has 0 atom stereocenters. The summed E-state index contributed by atoms with van der Waals surface area (Å²) < 4.78 is 5.73. The molecule has 0 spiro atoms. The Morgan fingerprint density at radius 3 is 2.85 bits per heavy atom. The van der Waals surface area contributed by atoms with Crippen LogP contribution in [-0.2, 0) is 11.4 Å². The number of nitrogens with one attached hydrogen (secondary N) is 2. The number of thioether (sulfide) groups is 1. The number of carbonyl (C=O) groups is 1. The van der Waals surface area contributed by atoms with Crippen LogP contribution in [0.15, 0.2) is 47.6 Å². The maximum atomic E-state index is 12.1. The van der Waals surface area contributed by atoms with E-state index in [1.165, 1.54) is 11.8 Å². The third kappa shape index (κ3) is 5.48. The first kappa shape index (κ1) is 19.3. The number of hydrogen-bond acceptors (Lipinski definition) is 5. The van der Waals surface area contributed by atoms with Gasteiger partial charge in [0.1, 0.15) is 12.4 Å². The van der Waals surface area contributed by atoms with Crippen molar-refractivity contribution in [2.24, 2.45) is 0 Å². The number of aromatic amines is 1. The van der Waals surface area contributed by atoms with Gasteiger partial charge in [-0.25, -0.2) is 4.98 Å². The molecule has 3 rings (SSSR count). The molecule has 0 bridgehead atoms. The number of hydrogen-bond donors (Lipinski definition) is 2. The number of anilines is 1. The number of para-hydroxylation sites is 1. The second kappa shape index (κ2) is 8.92. The Kier molecular flexibility index (Phi) is 6.36. The lowest BCUT2D eigenvalue weighted by atomic mass is 10.2. The van der Waals surface area contributed by atoms with Crippen molar-refractivity contribution in [2.45, 2.75) is 25.6 Å². The van der Waals surface area contributed by atoms with Gasteiger partial charge in [-0.15, -0.1) is 5.10 Å². The molecule has 2 N–H and O–H groups in total. The first-order valence-corrected chi connectivity index (χ1v) is 9.66. The van der Waals surface area contributed by atoms with Crippen LogP contribution < -0.4 is 10.1 Å². The fraction of sp³-hybridized carbons (Fsp3) is 0.211. The first-order chi connectivity index (χ1) is 13.0. The first-order valence-electron chi connectivity index (χ1n) is 8.30. The predicted molar refractivity (Wildman–Crippen MR) is 107 cm³/mol. The largest absolute Gasteiger partial charge is 0.485 e. The van der Waals surface area contributed by atoms with Crippen LogP contribution in [0, 0.1) is 13.8 Å². The van der Waals surface area contributed by atoms with Gasteiger partial charge in [-0.3, -0.25) is 9.89 Å². The number of rotatable bonds is 7. The molecule has 27 heavy (non-hydrogen) atoms. The smallest absolute Gasteiger partial charge is 0.234 e. The van der Waals surface area contributed by atoms with Gasteiger partial charge >= 0.3 is 0 Å². The average molecular weight is 403 g/mol. The zero-order valence-electron chi connectivity index (χ0n) is 15.0. The summed E-state index contributed by atoms with van der Waals surface area (Å²) in [7, 11) is 0. The summed E-state index contributed by atoms with van der Waals surface area (Å²) in [5.41, 5.74) is 2.71. The highest BCUT2D eigenvalue weighted by molar-refractivity contribution is 7.99. The van der Waals surface area contributed by atoms with E-state index in [9.17, 15) is 4.79 Å². The zero-order chi connectivity index (χ0) is 19.2. The number of aryl methyl sites for hydroxylation is 2. The number of ether oxygens (including phenoxy) is 1. The molecule has 0 fully saturated rings. The highest BCUT2D eigenvalue weighted by atomic mass is 35.5. The Hall–Kier alpha value is -2.51. The number of halogens is 1. The van der Waals surface area contributed by atoms with Crippen molar-refractivity contribution in [1.29, 1.82) is 0 Å². The van der Waals surface area contributed by atoms with E-state index < -0.39 is 0 Å². The molecule has 2 aromatic carbocycles. The fourth-order valence-corrected chi connectivity index (χ4v) is 3.11. The van der Waals surface area contributed by atoms with Crippen molar-refractivity contribution in [1.82, 2.24) is 15.2 Å². The lowest BCUT2D eigenvalue weighted by Gasteiger charge is -2.08. The Balaban J connectivity index is 1.50. The van der Waals surface area contributed by atoms with Gasteiger partial charge in [0.15, 0.2) is 5.82 Å². The maximum absolute atomic E-state index is 12.1. The third-order valence-electron chi connectivity index (χ3n) is 3.78. The summed E-state index contributed by atoms with van der Waals surface area (Å²) in [6.45, 7) is 4.18. The van der Waals surface area contributed by atoms with E-state index >= 15 is 0 Å². The summed E-state index contributed by atoms with van der Waals surface area (Å²) in [4.78, 5) is 16.5. The SMILES string of the molecule is Cc1ccc(Cl)cc1NC(=O)CSc1n[nH]c(COc2ccccc2C)n1. The van der Waals surface area contributed by atoms with Crippen molar-refractivity contribution in [3.8, 4) is 5.75 Å². The molecule has 1 aromatic heterocycles. The minimum atomic E-state index is -0.145. The van der Waals surface area contributed by atoms with Crippen LogP contribution in [0.3, 0.4) is 0 Å². The quantitative estimate of drug-likeness (QED) is 0.573. The lowest BCUT2D eigenvalue weighted by molar-refractivity contribution is -0.113. The molecule has 1 heterocycles. The molecule has 0 aliphatic heterocycles. The molecule has 0 saturated carbocycles. The molecule has 6 nitrogen and oxygen atoms in total. The molecular formula is C19H19ClN4O2S. The molecule has 3 aromatic rings. The molecule has 8 heteroatoms. The Morgan fingerprint density at radius 2 is 2.04 bits per heavy atom. The molecule has 140 valence electrons. The van der Waals surface area contributed by atoms with Crippen LogP contribution in [0.25, 0.3) is 0 Å². The van der Waals surface area contributed by atoms with Crippen LogP contribution in [0.5, 0.6) is 5.75 Å². The van der Waals surface area contributed by atoms with Gasteiger partial charge in [-0.1, -0.05) is 47.6 Å². The summed E-state index contributed by atoms with van der Waals surface area (Å²) in [6.07, 6.45) is 0.